The number of aliphatic carboxylic acids is 1. The lowest BCUT2D eigenvalue weighted by molar-refractivity contribution is -0.384. The lowest BCUT2D eigenvalue weighted by Crippen LogP contribution is -2.51. The number of hydrogen-bond acceptors (Lipinski definition) is 6. The molecule has 3 aromatic carbocycles. The molecule has 2 unspecified atom stereocenters. The molecule has 0 aromatic heterocycles. The molecule has 0 saturated carbocycles. The first-order chi connectivity index (χ1) is 18.8. The fourth-order valence-corrected chi connectivity index (χ4v) is 5.39. The predicted octanol–water partition coefficient (Wildman–Crippen LogP) is 4.12. The van der Waals surface area contributed by atoms with Crippen molar-refractivity contribution in [2.75, 3.05) is 13.2 Å². The minimum Gasteiger partial charge on any atom is -0.480 e. The van der Waals surface area contributed by atoms with E-state index < -0.39 is 35.0 Å². The predicted molar refractivity (Wildman–Crippen MR) is 141 cm³/mol. The van der Waals surface area contributed by atoms with E-state index in [0.717, 1.165) is 22.3 Å². The van der Waals surface area contributed by atoms with Crippen LogP contribution < -0.4 is 5.32 Å². The molecule has 1 heterocycles. The quantitative estimate of drug-likeness (QED) is 0.331. The van der Waals surface area contributed by atoms with Gasteiger partial charge in [0.15, 0.2) is 0 Å². The molecule has 2 aliphatic rings. The summed E-state index contributed by atoms with van der Waals surface area (Å²) in [6, 6.07) is 19.4. The Morgan fingerprint density at radius 3 is 2.21 bits per heavy atom. The van der Waals surface area contributed by atoms with Gasteiger partial charge in [-0.3, -0.25) is 19.8 Å². The number of nitrogens with zero attached hydrogens (tertiary/aromatic N) is 2. The third-order valence-electron chi connectivity index (χ3n) is 7.33. The van der Waals surface area contributed by atoms with E-state index in [1.165, 1.54) is 29.2 Å². The highest BCUT2D eigenvalue weighted by Crippen LogP contribution is 2.44. The Morgan fingerprint density at radius 1 is 1.00 bits per heavy atom. The van der Waals surface area contributed by atoms with E-state index in [-0.39, 0.29) is 24.6 Å². The number of carboxylic acid groups (broad SMARTS) is 1. The Balaban J connectivity index is 1.23. The zero-order chi connectivity index (χ0) is 27.5. The van der Waals surface area contributed by atoms with Crippen molar-refractivity contribution in [3.8, 4) is 11.1 Å². The van der Waals surface area contributed by atoms with Crippen molar-refractivity contribution in [3.63, 3.8) is 0 Å². The number of rotatable bonds is 8. The average molecular weight is 530 g/mol. The highest BCUT2D eigenvalue weighted by atomic mass is 16.6. The van der Waals surface area contributed by atoms with Crippen LogP contribution in [0.15, 0.2) is 72.8 Å². The van der Waals surface area contributed by atoms with Crippen LogP contribution in [0.1, 0.15) is 35.4 Å². The van der Waals surface area contributed by atoms with Crippen molar-refractivity contribution in [1.29, 1.82) is 0 Å². The monoisotopic (exact) mass is 529 g/mol. The zero-order valence-corrected chi connectivity index (χ0v) is 21.0. The molecule has 10 heteroatoms. The third kappa shape index (κ3) is 5.31. The van der Waals surface area contributed by atoms with Gasteiger partial charge in [0.1, 0.15) is 18.7 Å². The maximum absolute atomic E-state index is 13.1. The van der Waals surface area contributed by atoms with Gasteiger partial charge in [-0.15, -0.1) is 0 Å². The fourth-order valence-electron chi connectivity index (χ4n) is 5.39. The van der Waals surface area contributed by atoms with Gasteiger partial charge in [0.25, 0.3) is 5.69 Å². The van der Waals surface area contributed by atoms with Crippen molar-refractivity contribution >= 4 is 23.7 Å². The third-order valence-corrected chi connectivity index (χ3v) is 7.33. The van der Waals surface area contributed by atoms with Crippen LogP contribution in [0.5, 0.6) is 0 Å². The summed E-state index contributed by atoms with van der Waals surface area (Å²) in [6.45, 7) is 0.449. The number of likely N-dealkylation sites (tertiary alicyclic amines) is 1. The number of carbonyl (C=O) groups excluding carboxylic acids is 2. The molecule has 3 aromatic rings. The van der Waals surface area contributed by atoms with Crippen LogP contribution in [0, 0.1) is 10.1 Å². The van der Waals surface area contributed by atoms with Crippen molar-refractivity contribution in [2.24, 2.45) is 0 Å². The largest absolute Gasteiger partial charge is 0.480 e. The van der Waals surface area contributed by atoms with Gasteiger partial charge in [0.05, 0.1) is 4.92 Å². The summed E-state index contributed by atoms with van der Waals surface area (Å²) in [5, 5.41) is 23.1. The number of amides is 2. The Morgan fingerprint density at radius 2 is 1.62 bits per heavy atom. The number of nitrogens with one attached hydrogen (secondary N) is 1. The summed E-state index contributed by atoms with van der Waals surface area (Å²) in [6.07, 6.45) is 0.302. The molecule has 0 radical (unpaired) electrons. The SMILES string of the molecule is O=C(O)C(Cc1ccc([N+](=O)[O-])cc1)NC(=O)C1CCCN1C(=O)OCC1c2ccccc2-c2ccccc21. The van der Waals surface area contributed by atoms with Crippen LogP contribution in [0.4, 0.5) is 10.5 Å². The maximum atomic E-state index is 13.1. The molecule has 10 nitrogen and oxygen atoms in total. The molecule has 2 N–H and O–H groups in total. The van der Waals surface area contributed by atoms with Gasteiger partial charge in [0.2, 0.25) is 5.91 Å². The number of fused-ring (bicyclic) bond motifs is 3. The Hall–Kier alpha value is -4.73. The minimum absolute atomic E-state index is 0.0588. The number of hydrogen-bond donors (Lipinski definition) is 2. The zero-order valence-electron chi connectivity index (χ0n) is 21.0. The normalized spacial score (nSPS) is 16.7. The highest BCUT2D eigenvalue weighted by Gasteiger charge is 2.38. The average Bonchev–Trinajstić information content (AvgIpc) is 3.55. The summed E-state index contributed by atoms with van der Waals surface area (Å²) in [4.78, 5) is 49.7. The van der Waals surface area contributed by atoms with Crippen molar-refractivity contribution < 1.29 is 29.2 Å². The lowest BCUT2D eigenvalue weighted by Gasteiger charge is -2.26. The molecule has 0 bridgehead atoms. The molecule has 1 saturated heterocycles. The van der Waals surface area contributed by atoms with E-state index in [1.807, 2.05) is 48.5 Å². The van der Waals surface area contributed by atoms with Gasteiger partial charge in [0, 0.05) is 31.0 Å². The second-order valence-electron chi connectivity index (χ2n) is 9.68. The van der Waals surface area contributed by atoms with Gasteiger partial charge in [-0.2, -0.15) is 0 Å². The van der Waals surface area contributed by atoms with Crippen LogP contribution >= 0.6 is 0 Å². The molecule has 200 valence electrons. The number of non-ortho nitro benzene ring substituents is 1. The molecule has 2 atom stereocenters. The molecule has 0 spiro atoms. The standard InChI is InChI=1S/C29H27N3O7/c33-27(30-25(28(34)35)16-18-11-13-19(14-12-18)32(37)38)26-10-5-15-31(26)29(36)39-17-24-22-8-3-1-6-20(22)21-7-2-4-9-23(21)24/h1-4,6-9,11-14,24-26H,5,10,15-17H2,(H,30,33)(H,34,35). The first kappa shape index (κ1) is 25.9. The van der Waals surface area contributed by atoms with Gasteiger partial charge in [-0.25, -0.2) is 9.59 Å². The van der Waals surface area contributed by atoms with Gasteiger partial charge >= 0.3 is 12.1 Å². The van der Waals surface area contributed by atoms with E-state index in [1.54, 1.807) is 0 Å². The molecule has 1 fully saturated rings. The number of nitro groups is 1. The topological polar surface area (TPSA) is 139 Å². The van der Waals surface area contributed by atoms with Crippen molar-refractivity contribution in [2.45, 2.75) is 37.3 Å². The first-order valence-corrected chi connectivity index (χ1v) is 12.7. The molecule has 2 amide bonds. The second kappa shape index (κ2) is 10.9. The molecule has 5 rings (SSSR count). The van der Waals surface area contributed by atoms with Crippen LogP contribution in [0.3, 0.4) is 0 Å². The van der Waals surface area contributed by atoms with E-state index in [2.05, 4.69) is 5.32 Å². The Bertz CT molecular complexity index is 1380. The van der Waals surface area contributed by atoms with E-state index in [4.69, 9.17) is 4.74 Å². The summed E-state index contributed by atoms with van der Waals surface area (Å²) >= 11 is 0. The van der Waals surface area contributed by atoms with Crippen LogP contribution in [-0.4, -0.2) is 58.1 Å². The number of ether oxygens (including phenoxy) is 1. The second-order valence-corrected chi connectivity index (χ2v) is 9.68. The van der Waals surface area contributed by atoms with Crippen LogP contribution in [-0.2, 0) is 20.7 Å². The number of carboxylic acids is 1. The Labute approximate surface area is 224 Å². The van der Waals surface area contributed by atoms with E-state index >= 15 is 0 Å². The van der Waals surface area contributed by atoms with Crippen LogP contribution in [0.2, 0.25) is 0 Å². The van der Waals surface area contributed by atoms with Gasteiger partial charge in [-0.05, 0) is 40.7 Å². The number of benzene rings is 3. The summed E-state index contributed by atoms with van der Waals surface area (Å²) in [5.74, 6) is -1.93. The van der Waals surface area contributed by atoms with Gasteiger partial charge < -0.3 is 15.2 Å². The minimum atomic E-state index is -1.26. The molecule has 1 aliphatic heterocycles. The van der Waals surface area contributed by atoms with Crippen molar-refractivity contribution in [1.82, 2.24) is 10.2 Å². The summed E-state index contributed by atoms with van der Waals surface area (Å²) in [5.41, 5.74) is 4.80. The summed E-state index contributed by atoms with van der Waals surface area (Å²) < 4.78 is 5.72. The maximum Gasteiger partial charge on any atom is 0.410 e. The molecular weight excluding hydrogens is 502 g/mol. The lowest BCUT2D eigenvalue weighted by atomic mass is 9.98. The van der Waals surface area contributed by atoms with Gasteiger partial charge in [-0.1, -0.05) is 60.7 Å². The van der Waals surface area contributed by atoms with Crippen LogP contribution in [0.25, 0.3) is 11.1 Å². The molecule has 39 heavy (non-hydrogen) atoms. The molecular formula is C29H27N3O7. The number of carbonyl (C=O) groups is 3. The molecule has 1 aliphatic carbocycles. The summed E-state index contributed by atoms with van der Waals surface area (Å²) in [7, 11) is 0. The Kier molecular flexibility index (Phi) is 7.27. The first-order valence-electron chi connectivity index (χ1n) is 12.7. The number of nitro benzene ring substituents is 1. The van der Waals surface area contributed by atoms with E-state index in [0.29, 0.717) is 24.9 Å². The highest BCUT2D eigenvalue weighted by molar-refractivity contribution is 5.90. The van der Waals surface area contributed by atoms with Crippen molar-refractivity contribution in [3.05, 3.63) is 99.6 Å². The smallest absolute Gasteiger partial charge is 0.410 e. The fraction of sp³-hybridized carbons (Fsp3) is 0.276. The van der Waals surface area contributed by atoms with E-state index in [9.17, 15) is 29.6 Å².